The molecule has 0 bridgehead atoms. The van der Waals surface area contributed by atoms with Crippen molar-refractivity contribution in [2.24, 2.45) is 0 Å². The summed E-state index contributed by atoms with van der Waals surface area (Å²) in [7, 11) is 3.10. The fraction of sp³-hybridized carbons (Fsp3) is 0.364. The van der Waals surface area contributed by atoms with Gasteiger partial charge >= 0.3 is 5.97 Å². The Kier molecular flexibility index (Phi) is 2.60. The molecule has 1 aromatic rings. The number of fused-ring (bicyclic) bond motifs is 1. The number of hydrogen-bond donors (Lipinski definition) is 2. The summed E-state index contributed by atoms with van der Waals surface area (Å²) in [6.07, 6.45) is 0.408. The molecule has 0 saturated carbocycles. The second-order valence-electron chi connectivity index (χ2n) is 3.57. The first-order valence-electron chi connectivity index (χ1n) is 4.90. The summed E-state index contributed by atoms with van der Waals surface area (Å²) in [5.41, 5.74) is 1.65. The second kappa shape index (κ2) is 3.92. The first kappa shape index (κ1) is 10.6. The molecule has 2 rings (SSSR count). The molecule has 1 atom stereocenters. The Morgan fingerprint density at radius 2 is 2.19 bits per heavy atom. The third-order valence-corrected chi connectivity index (χ3v) is 2.68. The molecular formula is C11H13NO4. The van der Waals surface area contributed by atoms with Gasteiger partial charge in [0.25, 0.3) is 0 Å². The summed E-state index contributed by atoms with van der Waals surface area (Å²) in [5.74, 6) is 0.363. The van der Waals surface area contributed by atoms with Crippen LogP contribution in [-0.2, 0) is 11.2 Å². The molecule has 0 fully saturated rings. The van der Waals surface area contributed by atoms with E-state index >= 15 is 0 Å². The molecule has 0 unspecified atom stereocenters. The number of benzene rings is 1. The van der Waals surface area contributed by atoms with E-state index in [2.05, 4.69) is 5.32 Å². The van der Waals surface area contributed by atoms with Crippen molar-refractivity contribution in [3.63, 3.8) is 0 Å². The Morgan fingerprint density at radius 3 is 2.75 bits per heavy atom. The summed E-state index contributed by atoms with van der Waals surface area (Å²) in [5, 5.41) is 11.9. The van der Waals surface area contributed by atoms with Gasteiger partial charge in [0.05, 0.1) is 14.2 Å². The predicted octanol–water partition coefficient (Wildman–Crippen LogP) is 1.12. The fourth-order valence-corrected chi connectivity index (χ4v) is 1.92. The van der Waals surface area contributed by atoms with Crippen molar-refractivity contribution in [2.75, 3.05) is 19.5 Å². The molecule has 5 heteroatoms. The summed E-state index contributed by atoms with van der Waals surface area (Å²) in [4.78, 5) is 10.9. The molecule has 5 nitrogen and oxygen atoms in total. The monoisotopic (exact) mass is 223 g/mol. The highest BCUT2D eigenvalue weighted by Crippen LogP contribution is 2.40. The van der Waals surface area contributed by atoms with Crippen LogP contribution >= 0.6 is 0 Å². The highest BCUT2D eigenvalue weighted by molar-refractivity contribution is 5.82. The van der Waals surface area contributed by atoms with Crippen molar-refractivity contribution < 1.29 is 19.4 Å². The minimum Gasteiger partial charge on any atom is -0.493 e. The van der Waals surface area contributed by atoms with E-state index in [9.17, 15) is 4.79 Å². The Labute approximate surface area is 93.0 Å². The Balaban J connectivity index is 2.41. The van der Waals surface area contributed by atoms with Crippen molar-refractivity contribution in [3.8, 4) is 11.5 Å². The maximum absolute atomic E-state index is 10.9. The van der Waals surface area contributed by atoms with E-state index < -0.39 is 12.0 Å². The zero-order valence-electron chi connectivity index (χ0n) is 9.11. The molecule has 1 aromatic carbocycles. The van der Waals surface area contributed by atoms with E-state index in [0.29, 0.717) is 17.9 Å². The zero-order chi connectivity index (χ0) is 11.7. The zero-order valence-corrected chi connectivity index (χ0v) is 9.11. The Bertz CT molecular complexity index is 430. The molecule has 16 heavy (non-hydrogen) atoms. The second-order valence-corrected chi connectivity index (χ2v) is 3.57. The van der Waals surface area contributed by atoms with Gasteiger partial charge in [-0.1, -0.05) is 0 Å². The largest absolute Gasteiger partial charge is 0.493 e. The standard InChI is InChI=1S/C11H13NO4/c1-15-9-4-3-7-6(10(9)16-2)5-8(12-7)11(13)14/h3-4,8,12H,5H2,1-2H3,(H,13,14)/t8-/m1/s1. The maximum Gasteiger partial charge on any atom is 0.326 e. The van der Waals surface area contributed by atoms with E-state index in [-0.39, 0.29) is 0 Å². The highest BCUT2D eigenvalue weighted by atomic mass is 16.5. The number of anilines is 1. The molecule has 0 saturated heterocycles. The molecule has 86 valence electrons. The fourth-order valence-electron chi connectivity index (χ4n) is 1.92. The normalized spacial score (nSPS) is 17.5. The van der Waals surface area contributed by atoms with Crippen LogP contribution in [0, 0.1) is 0 Å². The molecule has 2 N–H and O–H groups in total. The van der Waals surface area contributed by atoms with Crippen LogP contribution < -0.4 is 14.8 Å². The Morgan fingerprint density at radius 1 is 1.44 bits per heavy atom. The number of ether oxygens (including phenoxy) is 2. The third kappa shape index (κ3) is 1.54. The average molecular weight is 223 g/mol. The minimum absolute atomic E-state index is 0.408. The lowest BCUT2D eigenvalue weighted by Crippen LogP contribution is -2.26. The summed E-state index contributed by atoms with van der Waals surface area (Å²) >= 11 is 0. The van der Waals surface area contributed by atoms with Gasteiger partial charge in [-0.15, -0.1) is 0 Å². The van der Waals surface area contributed by atoms with Gasteiger partial charge in [-0.3, -0.25) is 0 Å². The number of hydrogen-bond acceptors (Lipinski definition) is 4. The number of rotatable bonds is 3. The number of aliphatic carboxylic acids is 1. The van der Waals surface area contributed by atoms with Gasteiger partial charge in [-0.05, 0) is 12.1 Å². The lowest BCUT2D eigenvalue weighted by atomic mass is 10.1. The number of nitrogens with one attached hydrogen (secondary N) is 1. The van der Waals surface area contributed by atoms with E-state index in [0.717, 1.165) is 11.3 Å². The highest BCUT2D eigenvalue weighted by Gasteiger charge is 2.30. The number of carboxylic acid groups (broad SMARTS) is 1. The molecule has 1 heterocycles. The molecule has 0 radical (unpaired) electrons. The predicted molar refractivity (Wildman–Crippen MR) is 58.3 cm³/mol. The number of methoxy groups -OCH3 is 2. The molecule has 0 spiro atoms. The van der Waals surface area contributed by atoms with Gasteiger partial charge in [0.2, 0.25) is 0 Å². The van der Waals surface area contributed by atoms with Gasteiger partial charge in [-0.25, -0.2) is 4.79 Å². The summed E-state index contributed by atoms with van der Waals surface area (Å²) in [6, 6.07) is 2.98. The number of carboxylic acids is 1. The van der Waals surface area contributed by atoms with Crippen LogP contribution in [0.1, 0.15) is 5.56 Å². The van der Waals surface area contributed by atoms with Crippen LogP contribution in [0.4, 0.5) is 5.69 Å². The molecule has 0 aliphatic carbocycles. The van der Waals surface area contributed by atoms with Crippen molar-refractivity contribution in [2.45, 2.75) is 12.5 Å². The van der Waals surface area contributed by atoms with Crippen LogP contribution in [0.25, 0.3) is 0 Å². The van der Waals surface area contributed by atoms with Crippen LogP contribution in [-0.4, -0.2) is 31.3 Å². The van der Waals surface area contributed by atoms with Gasteiger partial charge in [0, 0.05) is 17.7 Å². The SMILES string of the molecule is COc1ccc2c(c1OC)C[C@H](C(=O)O)N2. The van der Waals surface area contributed by atoms with Crippen LogP contribution in [0.15, 0.2) is 12.1 Å². The van der Waals surface area contributed by atoms with E-state index in [1.54, 1.807) is 26.4 Å². The quantitative estimate of drug-likeness (QED) is 0.803. The molecule has 1 aliphatic rings. The summed E-state index contributed by atoms with van der Waals surface area (Å²) < 4.78 is 10.4. The van der Waals surface area contributed by atoms with Gasteiger partial charge in [0.15, 0.2) is 11.5 Å². The molecule has 0 amide bonds. The van der Waals surface area contributed by atoms with Crippen molar-refractivity contribution in [1.29, 1.82) is 0 Å². The number of carbonyl (C=O) groups is 1. The average Bonchev–Trinajstić information content (AvgIpc) is 2.71. The van der Waals surface area contributed by atoms with Crippen molar-refractivity contribution >= 4 is 11.7 Å². The van der Waals surface area contributed by atoms with E-state index in [1.165, 1.54) is 0 Å². The van der Waals surface area contributed by atoms with Crippen molar-refractivity contribution in [1.82, 2.24) is 0 Å². The first-order valence-corrected chi connectivity index (χ1v) is 4.90. The lowest BCUT2D eigenvalue weighted by molar-refractivity contribution is -0.137. The third-order valence-electron chi connectivity index (χ3n) is 2.68. The van der Waals surface area contributed by atoms with E-state index in [4.69, 9.17) is 14.6 Å². The smallest absolute Gasteiger partial charge is 0.326 e. The summed E-state index contributed by atoms with van der Waals surface area (Å²) in [6.45, 7) is 0. The first-order chi connectivity index (χ1) is 7.67. The van der Waals surface area contributed by atoms with E-state index in [1.807, 2.05) is 0 Å². The Hall–Kier alpha value is -1.91. The van der Waals surface area contributed by atoms with Gasteiger partial charge in [-0.2, -0.15) is 0 Å². The van der Waals surface area contributed by atoms with Crippen LogP contribution in [0.3, 0.4) is 0 Å². The van der Waals surface area contributed by atoms with Crippen molar-refractivity contribution in [3.05, 3.63) is 17.7 Å². The lowest BCUT2D eigenvalue weighted by Gasteiger charge is -2.10. The topological polar surface area (TPSA) is 67.8 Å². The molecular weight excluding hydrogens is 210 g/mol. The molecule has 0 aromatic heterocycles. The maximum atomic E-state index is 10.9. The molecule has 1 aliphatic heterocycles. The minimum atomic E-state index is -0.864. The van der Waals surface area contributed by atoms with Gasteiger partial charge in [0.1, 0.15) is 6.04 Å². The van der Waals surface area contributed by atoms with Gasteiger partial charge < -0.3 is 19.9 Å². The van der Waals surface area contributed by atoms with Crippen LogP contribution in [0.5, 0.6) is 11.5 Å². The van der Waals surface area contributed by atoms with Crippen LogP contribution in [0.2, 0.25) is 0 Å².